The van der Waals surface area contributed by atoms with Gasteiger partial charge in [-0.05, 0) is 57.4 Å². The van der Waals surface area contributed by atoms with Crippen LogP contribution in [-0.4, -0.2) is 22.8 Å². The van der Waals surface area contributed by atoms with E-state index in [0.29, 0.717) is 21.3 Å². The Labute approximate surface area is 212 Å². The van der Waals surface area contributed by atoms with Crippen LogP contribution in [0.5, 0.6) is 5.75 Å². The van der Waals surface area contributed by atoms with E-state index in [2.05, 4.69) is 21.2 Å². The van der Waals surface area contributed by atoms with E-state index in [9.17, 15) is 24.5 Å². The third kappa shape index (κ3) is 5.23. The highest BCUT2D eigenvalue weighted by Crippen LogP contribution is 2.31. The number of hydrogen-bond acceptors (Lipinski definition) is 6. The third-order valence-corrected chi connectivity index (χ3v) is 5.92. The van der Waals surface area contributed by atoms with Gasteiger partial charge in [-0.1, -0.05) is 41.9 Å². The van der Waals surface area contributed by atoms with Crippen molar-refractivity contribution in [3.8, 4) is 5.75 Å². The Morgan fingerprint density at radius 1 is 1.06 bits per heavy atom. The van der Waals surface area contributed by atoms with Gasteiger partial charge in [0.15, 0.2) is 0 Å². The number of amides is 4. The smallest absolute Gasteiger partial charge is 0.335 e. The second kappa shape index (κ2) is 10.1. The summed E-state index contributed by atoms with van der Waals surface area (Å²) in [6.07, 6.45) is 1.35. The molecule has 1 aliphatic rings. The number of non-ortho nitro benzene ring substituents is 1. The highest BCUT2D eigenvalue weighted by Gasteiger charge is 2.37. The average molecular weight is 557 g/mol. The number of para-hydroxylation sites is 1. The summed E-state index contributed by atoms with van der Waals surface area (Å²) in [5.74, 6) is -1.19. The number of nitrogens with one attached hydrogen (secondary N) is 1. The first-order valence-electron chi connectivity index (χ1n) is 10.1. The molecule has 3 aromatic carbocycles. The van der Waals surface area contributed by atoms with Crippen molar-refractivity contribution in [3.63, 3.8) is 0 Å². The number of nitrogens with zero attached hydrogens (tertiary/aromatic N) is 2. The molecule has 1 aliphatic heterocycles. The van der Waals surface area contributed by atoms with Gasteiger partial charge >= 0.3 is 6.03 Å². The number of halogens is 2. The Kier molecular flexibility index (Phi) is 6.94. The monoisotopic (exact) mass is 555 g/mol. The Morgan fingerprint density at radius 3 is 2.54 bits per heavy atom. The normalized spacial score (nSPS) is 14.7. The fraction of sp³-hybridized carbons (Fsp3) is 0.0417. The minimum absolute atomic E-state index is 0.0353. The van der Waals surface area contributed by atoms with E-state index in [1.807, 2.05) is 0 Å². The number of barbiturate groups is 1. The van der Waals surface area contributed by atoms with Crippen molar-refractivity contribution in [1.29, 1.82) is 0 Å². The largest absolute Gasteiger partial charge is 0.488 e. The van der Waals surface area contributed by atoms with Crippen LogP contribution in [0.4, 0.5) is 16.2 Å². The molecule has 0 atom stereocenters. The molecule has 0 spiro atoms. The molecule has 1 N–H and O–H groups in total. The zero-order valence-electron chi connectivity index (χ0n) is 17.7. The van der Waals surface area contributed by atoms with Crippen LogP contribution in [0.1, 0.15) is 11.1 Å². The number of nitro benzene ring substituents is 1. The van der Waals surface area contributed by atoms with E-state index in [4.69, 9.17) is 16.3 Å². The van der Waals surface area contributed by atoms with Gasteiger partial charge in [-0.25, -0.2) is 9.69 Å². The zero-order chi connectivity index (χ0) is 25.1. The number of carbonyl (C=O) groups is 3. The fourth-order valence-corrected chi connectivity index (χ4v) is 4.05. The first-order valence-corrected chi connectivity index (χ1v) is 11.2. The van der Waals surface area contributed by atoms with E-state index in [-0.39, 0.29) is 28.6 Å². The van der Waals surface area contributed by atoms with E-state index in [0.717, 1.165) is 4.90 Å². The Morgan fingerprint density at radius 2 is 1.83 bits per heavy atom. The Bertz CT molecular complexity index is 1410. The van der Waals surface area contributed by atoms with Gasteiger partial charge in [0.05, 0.1) is 20.1 Å². The van der Waals surface area contributed by atoms with E-state index < -0.39 is 22.8 Å². The molecule has 0 aliphatic carbocycles. The number of imide groups is 2. The quantitative estimate of drug-likeness (QED) is 0.192. The maximum absolute atomic E-state index is 13.0. The minimum Gasteiger partial charge on any atom is -0.488 e. The van der Waals surface area contributed by atoms with E-state index in [1.54, 1.807) is 42.5 Å². The standard InChI is InChI=1S/C24H15BrClN3O6/c25-18-12-14(8-9-21(18)35-13-15-4-3-5-16(10-15)29(33)34)11-17-22(30)27-24(32)28(23(17)31)20-7-2-1-6-19(20)26/h1-12H,13H2,(H,27,30,32)/b17-11+. The summed E-state index contributed by atoms with van der Waals surface area (Å²) in [5.41, 5.74) is 0.979. The second-order valence-electron chi connectivity index (χ2n) is 7.31. The summed E-state index contributed by atoms with van der Waals surface area (Å²) in [6, 6.07) is 16.4. The van der Waals surface area contributed by atoms with Gasteiger partial charge < -0.3 is 4.74 Å². The van der Waals surface area contributed by atoms with Crippen molar-refractivity contribution in [3.05, 3.63) is 103 Å². The topological polar surface area (TPSA) is 119 Å². The van der Waals surface area contributed by atoms with Gasteiger partial charge in [0.2, 0.25) is 0 Å². The van der Waals surface area contributed by atoms with Crippen LogP contribution in [0.15, 0.2) is 76.8 Å². The SMILES string of the molecule is O=C1NC(=O)N(c2ccccc2Cl)C(=O)/C1=C/c1ccc(OCc2cccc([N+](=O)[O-])c2)c(Br)c1. The number of urea groups is 1. The zero-order valence-corrected chi connectivity index (χ0v) is 20.1. The molecule has 4 rings (SSSR count). The lowest BCUT2D eigenvalue weighted by Crippen LogP contribution is -2.54. The van der Waals surface area contributed by atoms with Gasteiger partial charge in [-0.2, -0.15) is 0 Å². The fourth-order valence-electron chi connectivity index (χ4n) is 3.32. The van der Waals surface area contributed by atoms with Crippen LogP contribution in [0.3, 0.4) is 0 Å². The molecular weight excluding hydrogens is 542 g/mol. The van der Waals surface area contributed by atoms with Crippen LogP contribution in [-0.2, 0) is 16.2 Å². The molecule has 11 heteroatoms. The second-order valence-corrected chi connectivity index (χ2v) is 8.58. The molecule has 9 nitrogen and oxygen atoms in total. The molecule has 1 fully saturated rings. The number of nitro groups is 1. The maximum atomic E-state index is 13.0. The predicted octanol–water partition coefficient (Wildman–Crippen LogP) is 5.26. The molecule has 35 heavy (non-hydrogen) atoms. The number of anilines is 1. The number of ether oxygens (including phenoxy) is 1. The summed E-state index contributed by atoms with van der Waals surface area (Å²) in [4.78, 5) is 49.0. The van der Waals surface area contributed by atoms with Crippen molar-refractivity contribution in [2.45, 2.75) is 6.61 Å². The molecule has 0 bridgehead atoms. The van der Waals surface area contributed by atoms with Crippen molar-refractivity contribution in [1.82, 2.24) is 5.32 Å². The lowest BCUT2D eigenvalue weighted by molar-refractivity contribution is -0.384. The molecule has 1 heterocycles. The van der Waals surface area contributed by atoms with E-state index in [1.165, 1.54) is 30.3 Å². The van der Waals surface area contributed by atoms with Crippen molar-refractivity contribution < 1.29 is 24.0 Å². The molecule has 1 saturated heterocycles. The summed E-state index contributed by atoms with van der Waals surface area (Å²) in [7, 11) is 0. The molecule has 4 amide bonds. The summed E-state index contributed by atoms with van der Waals surface area (Å²) in [6.45, 7) is 0.0938. The van der Waals surface area contributed by atoms with Gasteiger partial charge in [0, 0.05) is 12.1 Å². The molecule has 0 unspecified atom stereocenters. The van der Waals surface area contributed by atoms with Crippen molar-refractivity contribution in [2.75, 3.05) is 4.90 Å². The molecular formula is C24H15BrClN3O6. The summed E-state index contributed by atoms with van der Waals surface area (Å²) in [5, 5.41) is 13.3. The number of carbonyl (C=O) groups excluding carboxylic acids is 3. The Hall–Kier alpha value is -4.02. The van der Waals surface area contributed by atoms with E-state index >= 15 is 0 Å². The summed E-state index contributed by atoms with van der Waals surface area (Å²) >= 11 is 9.53. The van der Waals surface area contributed by atoms with Gasteiger partial charge in [-0.15, -0.1) is 0 Å². The number of benzene rings is 3. The van der Waals surface area contributed by atoms with Crippen LogP contribution in [0.25, 0.3) is 6.08 Å². The first-order chi connectivity index (χ1) is 16.7. The van der Waals surface area contributed by atoms with Crippen LogP contribution in [0.2, 0.25) is 5.02 Å². The third-order valence-electron chi connectivity index (χ3n) is 4.98. The summed E-state index contributed by atoms with van der Waals surface area (Å²) < 4.78 is 6.27. The van der Waals surface area contributed by atoms with Crippen LogP contribution in [0, 0.1) is 10.1 Å². The highest BCUT2D eigenvalue weighted by molar-refractivity contribution is 9.10. The van der Waals surface area contributed by atoms with Gasteiger partial charge in [0.25, 0.3) is 17.5 Å². The number of hydrogen-bond donors (Lipinski definition) is 1. The minimum atomic E-state index is -0.892. The van der Waals surface area contributed by atoms with Crippen molar-refractivity contribution >= 4 is 62.8 Å². The Balaban J connectivity index is 1.55. The molecule has 0 saturated carbocycles. The lowest BCUT2D eigenvalue weighted by atomic mass is 10.1. The maximum Gasteiger partial charge on any atom is 0.335 e. The van der Waals surface area contributed by atoms with Crippen LogP contribution < -0.4 is 15.0 Å². The van der Waals surface area contributed by atoms with Crippen LogP contribution >= 0.6 is 27.5 Å². The molecule has 176 valence electrons. The average Bonchev–Trinajstić information content (AvgIpc) is 2.82. The van der Waals surface area contributed by atoms with Crippen molar-refractivity contribution in [2.24, 2.45) is 0 Å². The van der Waals surface area contributed by atoms with Gasteiger partial charge in [-0.3, -0.25) is 25.0 Å². The first kappa shape index (κ1) is 24.1. The molecule has 0 radical (unpaired) electrons. The lowest BCUT2D eigenvalue weighted by Gasteiger charge is -2.27. The molecule has 3 aromatic rings. The molecule has 0 aromatic heterocycles. The highest BCUT2D eigenvalue weighted by atomic mass is 79.9. The number of rotatable bonds is 6. The van der Waals surface area contributed by atoms with Gasteiger partial charge in [0.1, 0.15) is 17.9 Å². The predicted molar refractivity (Wildman–Crippen MR) is 132 cm³/mol.